The van der Waals surface area contributed by atoms with Crippen molar-refractivity contribution in [3.63, 3.8) is 0 Å². The number of alkyl halides is 1. The minimum Gasteiger partial charge on any atom is -0.289 e. The van der Waals surface area contributed by atoms with Gasteiger partial charge in [0.05, 0.1) is 0 Å². The molecule has 1 aromatic heterocycles. The van der Waals surface area contributed by atoms with E-state index >= 15 is 0 Å². The number of benzene rings is 1. The van der Waals surface area contributed by atoms with E-state index in [0.29, 0.717) is 23.6 Å². The summed E-state index contributed by atoms with van der Waals surface area (Å²) in [6, 6.07) is 3.26. The number of nitrogens with one attached hydrogen (secondary N) is 1. The molecule has 0 bridgehead atoms. The Kier molecular flexibility index (Phi) is 4.89. The summed E-state index contributed by atoms with van der Waals surface area (Å²) in [5.41, 5.74) is 1.84. The van der Waals surface area contributed by atoms with Crippen LogP contribution in [0.1, 0.15) is 28.4 Å². The van der Waals surface area contributed by atoms with Crippen LogP contribution in [0.4, 0.5) is 10.3 Å². The van der Waals surface area contributed by atoms with Crippen molar-refractivity contribution in [2.24, 2.45) is 0 Å². The molecule has 2 aromatic rings. The van der Waals surface area contributed by atoms with Crippen molar-refractivity contribution < 1.29 is 9.18 Å². The summed E-state index contributed by atoms with van der Waals surface area (Å²) in [4.78, 5) is 13.1. The number of thioether (sulfide) groups is 1. The monoisotopic (exact) mass is 309 g/mol. The molecule has 112 valence electrons. The highest BCUT2D eigenvalue weighted by molar-refractivity contribution is 7.98. The van der Waals surface area contributed by atoms with Gasteiger partial charge in [-0.3, -0.25) is 10.1 Å². The van der Waals surface area contributed by atoms with Crippen molar-refractivity contribution in [2.75, 3.05) is 11.6 Å². The van der Waals surface area contributed by atoms with Gasteiger partial charge in [-0.05, 0) is 47.7 Å². The average molecular weight is 309 g/mol. The van der Waals surface area contributed by atoms with Gasteiger partial charge < -0.3 is 0 Å². The van der Waals surface area contributed by atoms with E-state index < -0.39 is 6.67 Å². The van der Waals surface area contributed by atoms with Crippen molar-refractivity contribution in [1.29, 1.82) is 0 Å². The van der Waals surface area contributed by atoms with Crippen LogP contribution in [0.15, 0.2) is 17.0 Å². The minimum absolute atomic E-state index is 0.294. The highest BCUT2D eigenvalue weighted by atomic mass is 32.2. The van der Waals surface area contributed by atoms with E-state index in [9.17, 15) is 9.18 Å². The second-order valence-electron chi connectivity index (χ2n) is 4.34. The molecule has 1 heterocycles. The molecule has 1 amide bonds. The normalized spacial score (nSPS) is 10.7. The Balaban J connectivity index is 2.32. The molecule has 0 aliphatic rings. The van der Waals surface area contributed by atoms with Gasteiger partial charge in [0.2, 0.25) is 5.95 Å². The molecule has 0 saturated heterocycles. The molecule has 0 aliphatic carbocycles. The average Bonchev–Trinajstić information content (AvgIpc) is 2.93. The second-order valence-corrected chi connectivity index (χ2v) is 5.15. The summed E-state index contributed by atoms with van der Waals surface area (Å²) in [6.07, 6.45) is 1.86. The summed E-state index contributed by atoms with van der Waals surface area (Å²) in [6.45, 7) is 3.69. The molecule has 0 spiro atoms. The second kappa shape index (κ2) is 6.66. The lowest BCUT2D eigenvalue weighted by atomic mass is 10.0. The molecule has 8 heteroatoms. The van der Waals surface area contributed by atoms with Crippen LogP contribution in [-0.2, 0) is 13.2 Å². The largest absolute Gasteiger partial charge is 0.289 e. The maximum absolute atomic E-state index is 12.9. The van der Waals surface area contributed by atoms with Crippen LogP contribution in [0.5, 0.6) is 0 Å². The van der Waals surface area contributed by atoms with Crippen LogP contribution in [0, 0.1) is 6.92 Å². The zero-order chi connectivity index (χ0) is 15.4. The van der Waals surface area contributed by atoms with Crippen LogP contribution in [0.25, 0.3) is 0 Å². The Morgan fingerprint density at radius 1 is 1.48 bits per heavy atom. The highest BCUT2D eigenvalue weighted by Gasteiger charge is 2.17. The first-order valence-electron chi connectivity index (χ1n) is 6.42. The van der Waals surface area contributed by atoms with Crippen LogP contribution >= 0.6 is 11.8 Å². The summed E-state index contributed by atoms with van der Waals surface area (Å²) in [5, 5.41) is 13.7. The molecular formula is C13H16FN5OS. The van der Waals surface area contributed by atoms with Gasteiger partial charge in [0.25, 0.3) is 5.91 Å². The zero-order valence-corrected chi connectivity index (χ0v) is 12.9. The number of hydrogen-bond donors (Lipinski definition) is 1. The number of rotatable bonds is 5. The topological polar surface area (TPSA) is 72.7 Å². The van der Waals surface area contributed by atoms with Crippen molar-refractivity contribution >= 4 is 23.6 Å². The molecule has 21 heavy (non-hydrogen) atoms. The van der Waals surface area contributed by atoms with E-state index in [4.69, 9.17) is 0 Å². The van der Waals surface area contributed by atoms with Crippen LogP contribution in [-0.4, -0.2) is 32.4 Å². The molecule has 1 aromatic carbocycles. The fraction of sp³-hybridized carbons (Fsp3) is 0.385. The van der Waals surface area contributed by atoms with Crippen molar-refractivity contribution in [2.45, 2.75) is 32.0 Å². The number of carbonyl (C=O) groups is 1. The van der Waals surface area contributed by atoms with E-state index in [2.05, 4.69) is 20.8 Å². The fourth-order valence-corrected chi connectivity index (χ4v) is 2.86. The maximum atomic E-state index is 12.9. The number of aromatic nitrogens is 4. The van der Waals surface area contributed by atoms with E-state index in [0.717, 1.165) is 10.5 Å². The molecule has 0 unspecified atom stereocenters. The number of amides is 1. The predicted octanol–water partition coefficient (Wildman–Crippen LogP) is 2.45. The first-order chi connectivity index (χ1) is 10.1. The summed E-state index contributed by atoms with van der Waals surface area (Å²) in [7, 11) is 0. The van der Waals surface area contributed by atoms with Gasteiger partial charge in [-0.1, -0.05) is 11.2 Å². The van der Waals surface area contributed by atoms with Crippen molar-refractivity contribution in [1.82, 2.24) is 20.2 Å². The third-order valence-electron chi connectivity index (χ3n) is 3.14. The lowest BCUT2D eigenvalue weighted by molar-refractivity contribution is 0.102. The highest BCUT2D eigenvalue weighted by Crippen LogP contribution is 2.28. The smallest absolute Gasteiger partial charge is 0.258 e. The Hall–Kier alpha value is -1.96. The van der Waals surface area contributed by atoms with Gasteiger partial charge in [-0.25, -0.2) is 9.07 Å². The number of tetrazole rings is 1. The number of carbonyl (C=O) groups excluding carboxylic acids is 1. The summed E-state index contributed by atoms with van der Waals surface area (Å²) >= 11 is 1.43. The van der Waals surface area contributed by atoms with Crippen LogP contribution < -0.4 is 5.32 Å². The van der Waals surface area contributed by atoms with Crippen molar-refractivity contribution in [3.05, 3.63) is 28.8 Å². The van der Waals surface area contributed by atoms with Crippen LogP contribution in [0.2, 0.25) is 0 Å². The molecular weight excluding hydrogens is 293 g/mol. The number of aryl methyl sites for hydroxylation is 1. The number of halogens is 1. The van der Waals surface area contributed by atoms with E-state index in [1.165, 1.54) is 16.4 Å². The molecule has 2 rings (SSSR count). The van der Waals surface area contributed by atoms with Gasteiger partial charge >= 0.3 is 0 Å². The van der Waals surface area contributed by atoms with Gasteiger partial charge in [0, 0.05) is 17.0 Å². The lowest BCUT2D eigenvalue weighted by Gasteiger charge is -2.12. The third kappa shape index (κ3) is 3.05. The SMILES string of the molecule is CCn1nnnc1NC(=O)c1ccc(CF)c(SC)c1C. The van der Waals surface area contributed by atoms with Gasteiger partial charge in [0.15, 0.2) is 0 Å². The molecule has 6 nitrogen and oxygen atoms in total. The number of anilines is 1. The van der Waals surface area contributed by atoms with Gasteiger partial charge in [-0.2, -0.15) is 0 Å². The standard InChI is InChI=1S/C13H16FN5OS/c1-4-19-13(16-17-18-19)15-12(20)10-6-5-9(7-14)11(21-3)8(10)2/h5-6H,4,7H2,1-3H3,(H,15,16,18,20). The van der Waals surface area contributed by atoms with Gasteiger partial charge in [0.1, 0.15) is 6.67 Å². The first-order valence-corrected chi connectivity index (χ1v) is 7.64. The molecule has 0 atom stereocenters. The van der Waals surface area contributed by atoms with Gasteiger partial charge in [-0.15, -0.1) is 11.8 Å². The molecule has 0 radical (unpaired) electrons. The molecule has 1 N–H and O–H groups in total. The quantitative estimate of drug-likeness (QED) is 0.859. The number of nitrogens with zero attached hydrogens (tertiary/aromatic N) is 4. The van der Waals surface area contributed by atoms with Crippen LogP contribution in [0.3, 0.4) is 0 Å². The maximum Gasteiger partial charge on any atom is 0.258 e. The van der Waals surface area contributed by atoms with E-state index in [1.807, 2.05) is 20.1 Å². The summed E-state index contributed by atoms with van der Waals surface area (Å²) < 4.78 is 14.4. The van der Waals surface area contributed by atoms with Crippen molar-refractivity contribution in [3.8, 4) is 0 Å². The zero-order valence-electron chi connectivity index (χ0n) is 12.1. The molecule has 0 saturated carbocycles. The Morgan fingerprint density at radius 3 is 2.86 bits per heavy atom. The van der Waals surface area contributed by atoms with E-state index in [1.54, 1.807) is 12.1 Å². The minimum atomic E-state index is -0.549. The lowest BCUT2D eigenvalue weighted by Crippen LogP contribution is -2.17. The Labute approximate surface area is 126 Å². The fourth-order valence-electron chi connectivity index (χ4n) is 2.06. The Bertz CT molecular complexity index is 658. The summed E-state index contributed by atoms with van der Waals surface area (Å²) in [5.74, 6) is -0.0140. The number of hydrogen-bond acceptors (Lipinski definition) is 5. The Morgan fingerprint density at radius 2 is 2.24 bits per heavy atom. The first kappa shape index (κ1) is 15.4. The van der Waals surface area contributed by atoms with E-state index in [-0.39, 0.29) is 5.91 Å². The molecule has 0 fully saturated rings. The predicted molar refractivity (Wildman–Crippen MR) is 79.2 cm³/mol. The third-order valence-corrected chi connectivity index (χ3v) is 4.11. The molecule has 0 aliphatic heterocycles.